The van der Waals surface area contributed by atoms with Crippen molar-refractivity contribution < 1.29 is 9.18 Å². The largest absolute Gasteiger partial charge is 0.355 e. The van der Waals surface area contributed by atoms with Crippen LogP contribution in [0.3, 0.4) is 0 Å². The average Bonchev–Trinajstić information content (AvgIpc) is 2.80. The standard InChI is InChI=1S/C28H32FN3O/c1-19(2)27(33)31-18-28(3,4)26(20-8-6-5-7-9-20)21-10-15-25(22(16-21)17-30)32-24-13-11-23(29)12-14-24/h5-17,19,26,30,32H,18H2,1-4H3,(H,31,33)/t26-/m0/s1. The summed E-state index contributed by atoms with van der Waals surface area (Å²) in [6.07, 6.45) is 1.32. The summed E-state index contributed by atoms with van der Waals surface area (Å²) in [5.41, 5.74) is 4.20. The molecule has 3 N–H and O–H groups in total. The fourth-order valence-electron chi connectivity index (χ4n) is 4.04. The number of nitrogens with one attached hydrogen (secondary N) is 3. The Morgan fingerprint density at radius 3 is 2.27 bits per heavy atom. The van der Waals surface area contributed by atoms with Crippen molar-refractivity contribution in [1.82, 2.24) is 5.32 Å². The highest BCUT2D eigenvalue weighted by Gasteiger charge is 2.33. The van der Waals surface area contributed by atoms with E-state index in [4.69, 9.17) is 5.41 Å². The van der Waals surface area contributed by atoms with Crippen molar-refractivity contribution in [3.05, 3.63) is 95.3 Å². The first kappa shape index (κ1) is 24.2. The first-order valence-electron chi connectivity index (χ1n) is 11.2. The van der Waals surface area contributed by atoms with Gasteiger partial charge < -0.3 is 16.0 Å². The zero-order valence-corrected chi connectivity index (χ0v) is 19.7. The lowest BCUT2D eigenvalue weighted by Crippen LogP contribution is -2.39. The Labute approximate surface area is 195 Å². The maximum absolute atomic E-state index is 13.3. The Hall–Kier alpha value is -3.47. The number of hydrogen-bond acceptors (Lipinski definition) is 3. The maximum atomic E-state index is 13.3. The third-order valence-corrected chi connectivity index (χ3v) is 5.84. The highest BCUT2D eigenvalue weighted by atomic mass is 19.1. The molecule has 0 fully saturated rings. The van der Waals surface area contributed by atoms with E-state index in [9.17, 15) is 9.18 Å². The van der Waals surface area contributed by atoms with Crippen LogP contribution in [-0.4, -0.2) is 18.7 Å². The van der Waals surface area contributed by atoms with E-state index in [1.54, 1.807) is 12.1 Å². The van der Waals surface area contributed by atoms with Crippen molar-refractivity contribution in [2.75, 3.05) is 11.9 Å². The second-order valence-corrected chi connectivity index (χ2v) is 9.33. The molecule has 1 amide bonds. The van der Waals surface area contributed by atoms with E-state index in [0.29, 0.717) is 6.54 Å². The molecule has 0 bridgehead atoms. The second kappa shape index (κ2) is 10.4. The summed E-state index contributed by atoms with van der Waals surface area (Å²) >= 11 is 0. The molecule has 0 aliphatic rings. The second-order valence-electron chi connectivity index (χ2n) is 9.33. The SMILES string of the molecule is CC(C)C(=O)NCC(C)(C)[C@@H](c1ccccc1)c1ccc(Nc2ccc(F)cc2)c(C=N)c1. The van der Waals surface area contributed by atoms with Crippen molar-refractivity contribution in [3.63, 3.8) is 0 Å². The van der Waals surface area contributed by atoms with Gasteiger partial charge in [0, 0.05) is 41.5 Å². The highest BCUT2D eigenvalue weighted by molar-refractivity contribution is 5.88. The van der Waals surface area contributed by atoms with Crippen LogP contribution in [0.2, 0.25) is 0 Å². The van der Waals surface area contributed by atoms with Gasteiger partial charge in [-0.3, -0.25) is 4.79 Å². The Morgan fingerprint density at radius 1 is 1.00 bits per heavy atom. The Balaban J connectivity index is 1.97. The van der Waals surface area contributed by atoms with Crippen LogP contribution in [0.4, 0.5) is 15.8 Å². The molecule has 3 rings (SSSR count). The van der Waals surface area contributed by atoms with Crippen molar-refractivity contribution in [2.24, 2.45) is 11.3 Å². The zero-order chi connectivity index (χ0) is 24.0. The van der Waals surface area contributed by atoms with Gasteiger partial charge in [-0.2, -0.15) is 0 Å². The van der Waals surface area contributed by atoms with E-state index >= 15 is 0 Å². The lowest BCUT2D eigenvalue weighted by molar-refractivity contribution is -0.124. The van der Waals surface area contributed by atoms with Gasteiger partial charge in [0.15, 0.2) is 0 Å². The summed E-state index contributed by atoms with van der Waals surface area (Å²) in [6.45, 7) is 8.61. The lowest BCUT2D eigenvalue weighted by atomic mass is 9.71. The van der Waals surface area contributed by atoms with Crippen LogP contribution >= 0.6 is 0 Å². The smallest absolute Gasteiger partial charge is 0.222 e. The monoisotopic (exact) mass is 445 g/mol. The first-order valence-corrected chi connectivity index (χ1v) is 11.2. The molecule has 3 aromatic rings. The molecule has 5 heteroatoms. The molecule has 0 spiro atoms. The number of benzene rings is 3. The number of halogens is 1. The molecule has 33 heavy (non-hydrogen) atoms. The molecule has 0 unspecified atom stereocenters. The number of amides is 1. The first-order chi connectivity index (χ1) is 15.7. The van der Waals surface area contributed by atoms with Crippen LogP contribution in [0.25, 0.3) is 0 Å². The van der Waals surface area contributed by atoms with Gasteiger partial charge in [0.05, 0.1) is 0 Å². The van der Waals surface area contributed by atoms with E-state index in [2.05, 4.69) is 42.7 Å². The van der Waals surface area contributed by atoms with E-state index < -0.39 is 0 Å². The summed E-state index contributed by atoms with van der Waals surface area (Å²) in [6, 6.07) is 22.4. The van der Waals surface area contributed by atoms with E-state index in [-0.39, 0.29) is 29.0 Å². The summed E-state index contributed by atoms with van der Waals surface area (Å²) in [5, 5.41) is 14.4. The topological polar surface area (TPSA) is 65.0 Å². The normalized spacial score (nSPS) is 12.3. The van der Waals surface area contributed by atoms with Crippen molar-refractivity contribution in [1.29, 1.82) is 5.41 Å². The van der Waals surface area contributed by atoms with Gasteiger partial charge in [-0.05, 0) is 52.9 Å². The number of carbonyl (C=O) groups is 1. The summed E-state index contributed by atoms with van der Waals surface area (Å²) in [5.74, 6) is -0.323. The Kier molecular flexibility index (Phi) is 7.64. The summed E-state index contributed by atoms with van der Waals surface area (Å²) in [7, 11) is 0. The van der Waals surface area contributed by atoms with Crippen LogP contribution < -0.4 is 10.6 Å². The quantitative estimate of drug-likeness (QED) is 0.329. The van der Waals surface area contributed by atoms with Gasteiger partial charge >= 0.3 is 0 Å². The lowest BCUT2D eigenvalue weighted by Gasteiger charge is -2.36. The van der Waals surface area contributed by atoms with E-state index in [1.165, 1.54) is 18.3 Å². The third kappa shape index (κ3) is 6.07. The molecule has 0 aliphatic carbocycles. The Bertz CT molecular complexity index is 1090. The third-order valence-electron chi connectivity index (χ3n) is 5.84. The molecule has 1 atom stereocenters. The molecule has 0 aliphatic heterocycles. The molecule has 3 aromatic carbocycles. The average molecular weight is 446 g/mol. The van der Waals surface area contributed by atoms with Gasteiger partial charge in [-0.1, -0.05) is 64.1 Å². The van der Waals surface area contributed by atoms with Crippen LogP contribution in [0.15, 0.2) is 72.8 Å². The van der Waals surface area contributed by atoms with Crippen LogP contribution in [0.1, 0.15) is 50.3 Å². The minimum absolute atomic E-state index is 0.00438. The van der Waals surface area contributed by atoms with E-state index in [1.807, 2.05) is 44.2 Å². The molecule has 4 nitrogen and oxygen atoms in total. The molecule has 0 aromatic heterocycles. The molecular formula is C28H32FN3O. The van der Waals surface area contributed by atoms with Crippen LogP contribution in [-0.2, 0) is 4.79 Å². The fourth-order valence-corrected chi connectivity index (χ4v) is 4.04. The van der Waals surface area contributed by atoms with Gasteiger partial charge in [-0.15, -0.1) is 0 Å². The van der Waals surface area contributed by atoms with Gasteiger partial charge in [-0.25, -0.2) is 4.39 Å². The zero-order valence-electron chi connectivity index (χ0n) is 19.7. The molecule has 0 heterocycles. The number of carbonyl (C=O) groups excluding carboxylic acids is 1. The molecular weight excluding hydrogens is 413 g/mol. The van der Waals surface area contributed by atoms with Crippen LogP contribution in [0, 0.1) is 22.6 Å². The van der Waals surface area contributed by atoms with E-state index in [0.717, 1.165) is 28.1 Å². The maximum Gasteiger partial charge on any atom is 0.222 e. The highest BCUT2D eigenvalue weighted by Crippen LogP contribution is 2.41. The summed E-state index contributed by atoms with van der Waals surface area (Å²) in [4.78, 5) is 12.3. The van der Waals surface area contributed by atoms with Crippen molar-refractivity contribution >= 4 is 23.5 Å². The van der Waals surface area contributed by atoms with Crippen LogP contribution in [0.5, 0.6) is 0 Å². The summed E-state index contributed by atoms with van der Waals surface area (Å²) < 4.78 is 13.3. The minimum Gasteiger partial charge on any atom is -0.355 e. The van der Waals surface area contributed by atoms with Gasteiger partial charge in [0.25, 0.3) is 0 Å². The van der Waals surface area contributed by atoms with Gasteiger partial charge in [0.1, 0.15) is 5.82 Å². The molecule has 172 valence electrons. The number of hydrogen-bond donors (Lipinski definition) is 3. The Morgan fingerprint density at radius 2 is 1.67 bits per heavy atom. The van der Waals surface area contributed by atoms with Gasteiger partial charge in [0.2, 0.25) is 5.91 Å². The predicted molar refractivity (Wildman–Crippen MR) is 134 cm³/mol. The molecule has 0 saturated carbocycles. The molecule has 0 saturated heterocycles. The minimum atomic E-state index is -0.291. The fraction of sp³-hybridized carbons (Fsp3) is 0.286. The van der Waals surface area contributed by atoms with Crippen molar-refractivity contribution in [3.8, 4) is 0 Å². The number of rotatable bonds is 9. The van der Waals surface area contributed by atoms with Crippen molar-refractivity contribution in [2.45, 2.75) is 33.6 Å². The molecule has 0 radical (unpaired) electrons. The predicted octanol–water partition coefficient (Wildman–Crippen LogP) is 6.50. The number of anilines is 2.